The van der Waals surface area contributed by atoms with E-state index < -0.39 is 5.41 Å². The Morgan fingerprint density at radius 3 is 2.54 bits per heavy atom. The summed E-state index contributed by atoms with van der Waals surface area (Å²) in [5, 5.41) is 0. The van der Waals surface area contributed by atoms with Crippen molar-refractivity contribution in [3.8, 4) is 0 Å². The molecule has 180 valence electrons. The number of aromatic nitrogens is 3. The SMILES string of the molecule is Cn1ccnc1[C@@H]1CCCCN1C(=O)C[C@]1(c2ccccc2)CC(=O)N(Cc2ccncc2)C1=O. The van der Waals surface area contributed by atoms with E-state index in [4.69, 9.17) is 0 Å². The van der Waals surface area contributed by atoms with Crippen LogP contribution in [0.5, 0.6) is 0 Å². The molecule has 2 fully saturated rings. The lowest BCUT2D eigenvalue weighted by molar-refractivity contribution is -0.144. The molecule has 0 bridgehead atoms. The van der Waals surface area contributed by atoms with Gasteiger partial charge in [-0.1, -0.05) is 30.3 Å². The standard InChI is InChI=1S/C27H29N5O3/c1-30-16-14-29-25(30)22-9-5-6-15-31(22)23(33)17-27(21-7-3-2-4-8-21)18-24(34)32(26(27)35)19-20-10-12-28-13-11-20/h2-4,7-8,10-14,16,22H,5-6,9,15,17-19H2,1H3/t22-,27+/m0/s1. The Bertz CT molecular complexity index is 1230. The molecule has 8 nitrogen and oxygen atoms in total. The van der Waals surface area contributed by atoms with E-state index in [0.29, 0.717) is 12.1 Å². The van der Waals surface area contributed by atoms with Crippen LogP contribution in [0.4, 0.5) is 0 Å². The smallest absolute Gasteiger partial charge is 0.241 e. The highest BCUT2D eigenvalue weighted by Crippen LogP contribution is 2.42. The van der Waals surface area contributed by atoms with Crippen LogP contribution >= 0.6 is 0 Å². The molecule has 3 aromatic rings. The van der Waals surface area contributed by atoms with Gasteiger partial charge in [-0.05, 0) is 42.5 Å². The van der Waals surface area contributed by atoms with Gasteiger partial charge in [-0.2, -0.15) is 0 Å². The van der Waals surface area contributed by atoms with Crippen LogP contribution in [0.25, 0.3) is 0 Å². The van der Waals surface area contributed by atoms with Gasteiger partial charge >= 0.3 is 0 Å². The van der Waals surface area contributed by atoms with Gasteiger partial charge in [-0.25, -0.2) is 4.98 Å². The topological polar surface area (TPSA) is 88.4 Å². The molecule has 0 radical (unpaired) electrons. The van der Waals surface area contributed by atoms with Crippen LogP contribution < -0.4 is 0 Å². The number of aryl methyl sites for hydroxylation is 1. The Balaban J connectivity index is 1.47. The van der Waals surface area contributed by atoms with Crippen LogP contribution in [-0.2, 0) is 33.4 Å². The second-order valence-corrected chi connectivity index (χ2v) is 9.44. The third-order valence-electron chi connectivity index (χ3n) is 7.26. The van der Waals surface area contributed by atoms with Crippen molar-refractivity contribution in [2.45, 2.75) is 50.1 Å². The van der Waals surface area contributed by atoms with Gasteiger partial charge in [0.1, 0.15) is 5.82 Å². The lowest BCUT2D eigenvalue weighted by atomic mass is 9.75. The van der Waals surface area contributed by atoms with E-state index in [1.54, 1.807) is 30.7 Å². The highest BCUT2D eigenvalue weighted by atomic mass is 16.2. The Kier molecular flexibility index (Phi) is 6.19. The lowest BCUT2D eigenvalue weighted by Crippen LogP contribution is -2.46. The Labute approximate surface area is 204 Å². The van der Waals surface area contributed by atoms with E-state index in [2.05, 4.69) is 9.97 Å². The molecule has 4 heterocycles. The molecule has 1 aromatic carbocycles. The van der Waals surface area contributed by atoms with Gasteiger partial charge in [0, 0.05) is 51.2 Å². The molecule has 8 heteroatoms. The highest BCUT2D eigenvalue weighted by Gasteiger charge is 2.54. The summed E-state index contributed by atoms with van der Waals surface area (Å²) < 4.78 is 1.95. The van der Waals surface area contributed by atoms with Crippen molar-refractivity contribution in [3.63, 3.8) is 0 Å². The molecule has 0 saturated carbocycles. The van der Waals surface area contributed by atoms with E-state index in [1.165, 1.54) is 4.90 Å². The average Bonchev–Trinajstić information content (AvgIpc) is 3.42. The van der Waals surface area contributed by atoms with Crippen LogP contribution in [0.3, 0.4) is 0 Å². The largest absolute Gasteiger partial charge is 0.336 e. The van der Waals surface area contributed by atoms with E-state index in [0.717, 1.165) is 30.7 Å². The van der Waals surface area contributed by atoms with E-state index >= 15 is 0 Å². The zero-order valence-electron chi connectivity index (χ0n) is 19.8. The first-order valence-corrected chi connectivity index (χ1v) is 12.1. The van der Waals surface area contributed by atoms with Gasteiger partial charge in [-0.3, -0.25) is 24.3 Å². The van der Waals surface area contributed by atoms with Gasteiger partial charge in [0.05, 0.1) is 18.0 Å². The lowest BCUT2D eigenvalue weighted by Gasteiger charge is -2.37. The summed E-state index contributed by atoms with van der Waals surface area (Å²) in [5.74, 6) is 0.153. The summed E-state index contributed by atoms with van der Waals surface area (Å²) in [6.07, 6.45) is 9.60. The molecule has 3 amide bonds. The van der Waals surface area contributed by atoms with Crippen molar-refractivity contribution in [1.29, 1.82) is 0 Å². The first kappa shape index (κ1) is 23.0. The molecule has 2 aliphatic rings. The van der Waals surface area contributed by atoms with Crippen molar-refractivity contribution in [2.24, 2.45) is 7.05 Å². The molecule has 2 atom stereocenters. The van der Waals surface area contributed by atoms with Gasteiger partial charge in [0.2, 0.25) is 17.7 Å². The predicted octanol–water partition coefficient (Wildman–Crippen LogP) is 3.16. The van der Waals surface area contributed by atoms with Crippen LogP contribution in [-0.4, -0.2) is 48.6 Å². The Hall–Kier alpha value is -3.81. The number of likely N-dealkylation sites (tertiary alicyclic amines) is 2. The number of hydrogen-bond donors (Lipinski definition) is 0. The second kappa shape index (κ2) is 9.44. The number of imide groups is 1. The van der Waals surface area contributed by atoms with E-state index in [9.17, 15) is 14.4 Å². The van der Waals surface area contributed by atoms with Gasteiger partial charge in [-0.15, -0.1) is 0 Å². The van der Waals surface area contributed by atoms with Crippen LogP contribution in [0.2, 0.25) is 0 Å². The van der Waals surface area contributed by atoms with Gasteiger partial charge in [0.15, 0.2) is 0 Å². The summed E-state index contributed by atoms with van der Waals surface area (Å²) in [7, 11) is 1.93. The third kappa shape index (κ3) is 4.24. The predicted molar refractivity (Wildman–Crippen MR) is 129 cm³/mol. The zero-order valence-corrected chi connectivity index (χ0v) is 19.8. The normalized spacial score (nSPS) is 22.6. The first-order chi connectivity index (χ1) is 17.0. The van der Waals surface area contributed by atoms with Crippen molar-refractivity contribution in [3.05, 3.63) is 84.2 Å². The van der Waals surface area contributed by atoms with Crippen LogP contribution in [0.15, 0.2) is 67.3 Å². The molecule has 0 N–H and O–H groups in total. The number of pyridine rings is 1. The minimum absolute atomic E-state index is 0.0203. The molecule has 0 spiro atoms. The number of carbonyl (C=O) groups excluding carboxylic acids is 3. The summed E-state index contributed by atoms with van der Waals surface area (Å²) in [6.45, 7) is 0.784. The number of rotatable bonds is 6. The molecule has 35 heavy (non-hydrogen) atoms. The summed E-state index contributed by atoms with van der Waals surface area (Å²) in [5.41, 5.74) is 0.309. The summed E-state index contributed by atoms with van der Waals surface area (Å²) >= 11 is 0. The van der Waals surface area contributed by atoms with Gasteiger partial charge < -0.3 is 9.47 Å². The van der Waals surface area contributed by atoms with Crippen molar-refractivity contribution >= 4 is 17.7 Å². The third-order valence-corrected chi connectivity index (χ3v) is 7.26. The van der Waals surface area contributed by atoms with Crippen LogP contribution in [0.1, 0.15) is 55.1 Å². The fraction of sp³-hybridized carbons (Fsp3) is 0.370. The van der Waals surface area contributed by atoms with Gasteiger partial charge in [0.25, 0.3) is 0 Å². The number of benzene rings is 1. The summed E-state index contributed by atoms with van der Waals surface area (Å²) in [6, 6.07) is 12.7. The minimum Gasteiger partial charge on any atom is -0.336 e. The quantitative estimate of drug-likeness (QED) is 0.516. The Morgan fingerprint density at radius 1 is 1.06 bits per heavy atom. The van der Waals surface area contributed by atoms with E-state index in [1.807, 2.05) is 53.0 Å². The first-order valence-electron chi connectivity index (χ1n) is 12.1. The molecule has 2 saturated heterocycles. The maximum Gasteiger partial charge on any atom is 0.241 e. The fourth-order valence-corrected chi connectivity index (χ4v) is 5.41. The Morgan fingerprint density at radius 2 is 1.83 bits per heavy atom. The van der Waals surface area contributed by atoms with Crippen molar-refractivity contribution in [2.75, 3.05) is 6.54 Å². The fourth-order valence-electron chi connectivity index (χ4n) is 5.41. The molecule has 5 rings (SSSR count). The molecule has 2 aliphatic heterocycles. The second-order valence-electron chi connectivity index (χ2n) is 9.44. The average molecular weight is 472 g/mol. The van der Waals surface area contributed by atoms with E-state index in [-0.39, 0.29) is 43.1 Å². The maximum atomic E-state index is 13.9. The maximum absolute atomic E-state index is 13.9. The zero-order chi connectivity index (χ0) is 24.4. The number of nitrogens with zero attached hydrogens (tertiary/aromatic N) is 5. The highest BCUT2D eigenvalue weighted by molar-refractivity contribution is 6.10. The molecule has 0 aliphatic carbocycles. The number of hydrogen-bond acceptors (Lipinski definition) is 5. The minimum atomic E-state index is -1.22. The summed E-state index contributed by atoms with van der Waals surface area (Å²) in [4.78, 5) is 52.6. The van der Waals surface area contributed by atoms with Crippen LogP contribution in [0, 0.1) is 0 Å². The molecule has 0 unspecified atom stereocenters. The molecule has 2 aromatic heterocycles. The monoisotopic (exact) mass is 471 g/mol. The number of amides is 3. The van der Waals surface area contributed by atoms with Crippen molar-refractivity contribution < 1.29 is 14.4 Å². The number of carbonyl (C=O) groups is 3. The molecular weight excluding hydrogens is 442 g/mol. The van der Waals surface area contributed by atoms with Crippen molar-refractivity contribution in [1.82, 2.24) is 24.3 Å². The number of piperidine rings is 1. The number of imidazole rings is 1. The molecular formula is C27H29N5O3.